The maximum atomic E-state index is 13.1. The van der Waals surface area contributed by atoms with Gasteiger partial charge in [0.25, 0.3) is 0 Å². The molecule has 0 N–H and O–H groups in total. The van der Waals surface area contributed by atoms with Crippen molar-refractivity contribution in [3.8, 4) is 17.6 Å². The molecule has 5 nitrogen and oxygen atoms in total. The number of nitrogens with zero attached hydrogens (tertiary/aromatic N) is 2. The van der Waals surface area contributed by atoms with Crippen molar-refractivity contribution >= 4 is 40.0 Å². The first-order valence-corrected chi connectivity index (χ1v) is 11.3. The molecular formula is C24H25IN2O3. The van der Waals surface area contributed by atoms with E-state index in [1.165, 1.54) is 9.13 Å². The summed E-state index contributed by atoms with van der Waals surface area (Å²) < 4.78 is 12.6. The first-order chi connectivity index (χ1) is 14.5. The topological polar surface area (TPSA) is 51.7 Å². The Morgan fingerprint density at radius 3 is 2.67 bits per heavy atom. The van der Waals surface area contributed by atoms with Crippen LogP contribution in [0.25, 0.3) is 0 Å². The molecule has 2 fully saturated rings. The number of rotatable bonds is 5. The van der Waals surface area contributed by atoms with Crippen LogP contribution in [0.5, 0.6) is 5.75 Å². The molecule has 1 unspecified atom stereocenters. The summed E-state index contributed by atoms with van der Waals surface area (Å²) in [6.07, 6.45) is 4.92. The van der Waals surface area contributed by atoms with E-state index >= 15 is 0 Å². The highest BCUT2D eigenvalue weighted by atomic mass is 127. The van der Waals surface area contributed by atoms with Gasteiger partial charge in [-0.15, -0.1) is 0 Å². The van der Waals surface area contributed by atoms with E-state index in [2.05, 4.69) is 58.5 Å². The third-order valence-electron chi connectivity index (χ3n) is 5.43. The quantitative estimate of drug-likeness (QED) is 0.413. The number of hydrogen-bond acceptors (Lipinski definition) is 4. The fourth-order valence-electron chi connectivity index (χ4n) is 3.72. The second kappa shape index (κ2) is 8.94. The lowest BCUT2D eigenvalue weighted by molar-refractivity contribution is -0.112. The minimum Gasteiger partial charge on any atom is -0.486 e. The number of carbonyl (C=O) groups excluding carboxylic acids is 1. The number of amides is 1. The second-order valence-electron chi connectivity index (χ2n) is 7.87. The molecule has 4 rings (SSSR count). The molecule has 6 heteroatoms. The van der Waals surface area contributed by atoms with Gasteiger partial charge < -0.3 is 9.47 Å². The van der Waals surface area contributed by atoms with Crippen molar-refractivity contribution in [1.29, 1.82) is 0 Å². The Morgan fingerprint density at radius 2 is 2.03 bits per heavy atom. The Morgan fingerprint density at radius 1 is 1.23 bits per heavy atom. The summed E-state index contributed by atoms with van der Waals surface area (Å²) in [5.41, 5.74) is 4.09. The number of pyridine rings is 1. The molecule has 2 aliphatic rings. The van der Waals surface area contributed by atoms with Crippen LogP contribution in [0, 0.1) is 29.3 Å². The van der Waals surface area contributed by atoms with Crippen LogP contribution < -0.4 is 9.64 Å². The lowest BCUT2D eigenvalue weighted by Crippen LogP contribution is -2.27. The average Bonchev–Trinajstić information content (AvgIpc) is 3.43. The SMILES string of the molecule is CC#CC(=O)N(c1cc(C)c(I)cc1C1CC1)c1ncc(OC2CCOC2)cc1C. The normalized spacial score (nSPS) is 17.9. The van der Waals surface area contributed by atoms with E-state index in [-0.39, 0.29) is 12.0 Å². The van der Waals surface area contributed by atoms with Gasteiger partial charge in [-0.05, 0) is 103 Å². The van der Waals surface area contributed by atoms with E-state index in [4.69, 9.17) is 9.47 Å². The number of aromatic nitrogens is 1. The van der Waals surface area contributed by atoms with Gasteiger partial charge in [0.15, 0.2) is 0 Å². The molecule has 0 bridgehead atoms. The van der Waals surface area contributed by atoms with E-state index < -0.39 is 0 Å². The largest absolute Gasteiger partial charge is 0.486 e. The summed E-state index contributed by atoms with van der Waals surface area (Å²) >= 11 is 2.36. The fourth-order valence-corrected chi connectivity index (χ4v) is 4.21. The molecule has 0 spiro atoms. The zero-order valence-electron chi connectivity index (χ0n) is 17.5. The maximum Gasteiger partial charge on any atom is 0.308 e. The summed E-state index contributed by atoms with van der Waals surface area (Å²) in [6, 6.07) is 6.23. The van der Waals surface area contributed by atoms with E-state index in [0.717, 1.165) is 42.7 Å². The van der Waals surface area contributed by atoms with Gasteiger partial charge in [-0.3, -0.25) is 9.69 Å². The zero-order valence-corrected chi connectivity index (χ0v) is 19.7. The maximum absolute atomic E-state index is 13.1. The Balaban J connectivity index is 1.76. The van der Waals surface area contributed by atoms with Gasteiger partial charge in [0.1, 0.15) is 17.7 Å². The highest BCUT2D eigenvalue weighted by Crippen LogP contribution is 2.47. The van der Waals surface area contributed by atoms with Gasteiger partial charge in [0.05, 0.1) is 25.1 Å². The third-order valence-corrected chi connectivity index (χ3v) is 6.59. The van der Waals surface area contributed by atoms with Crippen molar-refractivity contribution in [2.45, 2.75) is 52.1 Å². The van der Waals surface area contributed by atoms with Gasteiger partial charge in [-0.25, -0.2) is 4.98 Å². The minimum atomic E-state index is -0.270. The minimum absolute atomic E-state index is 0.0565. The Kier molecular flexibility index (Phi) is 6.30. The lowest BCUT2D eigenvalue weighted by atomic mass is 10.0. The van der Waals surface area contributed by atoms with Crippen molar-refractivity contribution in [1.82, 2.24) is 4.98 Å². The van der Waals surface area contributed by atoms with E-state index in [1.54, 1.807) is 18.0 Å². The van der Waals surface area contributed by atoms with Crippen LogP contribution in [0.4, 0.5) is 11.5 Å². The number of aryl methyl sites for hydroxylation is 2. The zero-order chi connectivity index (χ0) is 21.3. The van der Waals surface area contributed by atoms with Crippen LogP contribution in [-0.4, -0.2) is 30.2 Å². The molecule has 0 radical (unpaired) electrons. The van der Waals surface area contributed by atoms with Gasteiger partial charge >= 0.3 is 5.91 Å². The summed E-state index contributed by atoms with van der Waals surface area (Å²) in [4.78, 5) is 19.4. The van der Waals surface area contributed by atoms with Gasteiger partial charge in [0, 0.05) is 9.99 Å². The predicted octanol–water partition coefficient (Wildman–Crippen LogP) is 5.04. The smallest absolute Gasteiger partial charge is 0.308 e. The van der Waals surface area contributed by atoms with Crippen LogP contribution in [0.3, 0.4) is 0 Å². The summed E-state index contributed by atoms with van der Waals surface area (Å²) in [5, 5.41) is 0. The molecule has 1 amide bonds. The molecule has 1 atom stereocenters. The average molecular weight is 516 g/mol. The van der Waals surface area contributed by atoms with Crippen molar-refractivity contribution in [2.24, 2.45) is 0 Å². The van der Waals surface area contributed by atoms with Crippen LogP contribution in [0.15, 0.2) is 24.4 Å². The molecule has 2 heterocycles. The molecule has 1 aromatic carbocycles. The van der Waals surface area contributed by atoms with Crippen molar-refractivity contribution in [2.75, 3.05) is 18.1 Å². The lowest BCUT2D eigenvalue weighted by Gasteiger charge is -2.25. The highest BCUT2D eigenvalue weighted by Gasteiger charge is 2.31. The van der Waals surface area contributed by atoms with Gasteiger partial charge in [-0.2, -0.15) is 0 Å². The third kappa shape index (κ3) is 4.47. The highest BCUT2D eigenvalue weighted by molar-refractivity contribution is 14.1. The van der Waals surface area contributed by atoms with Gasteiger partial charge in [0.2, 0.25) is 0 Å². The Bertz CT molecular complexity index is 1030. The summed E-state index contributed by atoms with van der Waals surface area (Å²) in [6.45, 7) is 7.03. The molecule has 1 aliphatic carbocycles. The van der Waals surface area contributed by atoms with E-state index in [0.29, 0.717) is 24.1 Å². The molecule has 2 aromatic rings. The number of benzene rings is 1. The predicted molar refractivity (Wildman–Crippen MR) is 125 cm³/mol. The summed E-state index contributed by atoms with van der Waals surface area (Å²) in [7, 11) is 0. The number of ether oxygens (including phenoxy) is 2. The second-order valence-corrected chi connectivity index (χ2v) is 9.03. The van der Waals surface area contributed by atoms with Gasteiger partial charge in [-0.1, -0.05) is 5.92 Å². The molecule has 1 aromatic heterocycles. The van der Waals surface area contributed by atoms with Crippen LogP contribution >= 0.6 is 22.6 Å². The standard InChI is InChI=1S/C24H25IN2O3/c1-4-5-23(28)27(22-11-15(2)21(25)12-20(22)17-6-7-17)24-16(3)10-19(13-26-24)30-18-8-9-29-14-18/h10-13,17-18H,6-9,14H2,1-3H3. The van der Waals surface area contributed by atoms with Crippen LogP contribution in [0.2, 0.25) is 0 Å². The van der Waals surface area contributed by atoms with Crippen molar-refractivity contribution in [3.63, 3.8) is 0 Å². The molecule has 156 valence electrons. The molecule has 1 aliphatic heterocycles. The first-order valence-electron chi connectivity index (χ1n) is 10.3. The number of hydrogen-bond donors (Lipinski definition) is 0. The molecule has 1 saturated heterocycles. The fraction of sp³-hybridized carbons (Fsp3) is 0.417. The monoisotopic (exact) mass is 516 g/mol. The van der Waals surface area contributed by atoms with Crippen molar-refractivity contribution in [3.05, 3.63) is 44.7 Å². The molecular weight excluding hydrogens is 491 g/mol. The number of halogens is 1. The first kappa shape index (κ1) is 21.1. The van der Waals surface area contributed by atoms with E-state index in [9.17, 15) is 4.79 Å². The van der Waals surface area contributed by atoms with E-state index in [1.807, 2.05) is 13.0 Å². The molecule has 1 saturated carbocycles. The Hall–Kier alpha value is -2.11. The number of carbonyl (C=O) groups is 1. The van der Waals surface area contributed by atoms with Crippen molar-refractivity contribution < 1.29 is 14.3 Å². The molecule has 30 heavy (non-hydrogen) atoms. The summed E-state index contributed by atoms with van der Waals surface area (Å²) in [5.74, 6) is 6.97. The number of anilines is 2. The Labute approximate surface area is 191 Å². The van der Waals surface area contributed by atoms with Crippen LogP contribution in [-0.2, 0) is 9.53 Å². The van der Waals surface area contributed by atoms with Crippen LogP contribution in [0.1, 0.15) is 48.8 Å².